The number of anilines is 3. The molecule has 0 atom stereocenters. The molecule has 6 rings (SSSR count). The largest absolute Gasteiger partial charge is 0.310 e. The lowest BCUT2D eigenvalue weighted by Gasteiger charge is -2.25. The molecular weight excluding hydrogens is 456 g/mol. The quantitative estimate of drug-likeness (QED) is 0.254. The van der Waals surface area contributed by atoms with Gasteiger partial charge in [-0.15, -0.1) is 0 Å². The van der Waals surface area contributed by atoms with E-state index in [9.17, 15) is 0 Å². The Bertz CT molecular complexity index is 1490. The van der Waals surface area contributed by atoms with E-state index < -0.39 is 0 Å². The molecule has 0 spiro atoms. The summed E-state index contributed by atoms with van der Waals surface area (Å²) < 4.78 is 0. The predicted molar refractivity (Wildman–Crippen MR) is 146 cm³/mol. The van der Waals surface area contributed by atoms with Crippen LogP contribution in [0.2, 0.25) is 0 Å². The van der Waals surface area contributed by atoms with Gasteiger partial charge in [0.2, 0.25) is 0 Å². The number of rotatable bonds is 6. The van der Waals surface area contributed by atoms with Crippen LogP contribution in [0.25, 0.3) is 34.2 Å². The Hall–Kier alpha value is -5.23. The van der Waals surface area contributed by atoms with Gasteiger partial charge in [-0.1, -0.05) is 60.7 Å². The third kappa shape index (κ3) is 4.81. The average Bonchev–Trinajstić information content (AvgIpc) is 2.99. The van der Waals surface area contributed by atoms with E-state index in [2.05, 4.69) is 27.0 Å². The lowest BCUT2D eigenvalue weighted by atomic mass is 10.1. The van der Waals surface area contributed by atoms with Crippen LogP contribution in [-0.4, -0.2) is 24.9 Å². The summed E-state index contributed by atoms with van der Waals surface area (Å²) in [6, 6.07) is 36.2. The van der Waals surface area contributed by atoms with Crippen molar-refractivity contribution in [3.05, 3.63) is 134 Å². The first-order chi connectivity index (χ1) is 18.3. The van der Waals surface area contributed by atoms with Crippen molar-refractivity contribution in [3.63, 3.8) is 0 Å². The van der Waals surface area contributed by atoms with E-state index in [0.717, 1.165) is 33.8 Å². The van der Waals surface area contributed by atoms with E-state index >= 15 is 0 Å². The van der Waals surface area contributed by atoms with Gasteiger partial charge >= 0.3 is 0 Å². The van der Waals surface area contributed by atoms with Crippen LogP contribution in [-0.2, 0) is 0 Å². The molecule has 0 aliphatic rings. The summed E-state index contributed by atoms with van der Waals surface area (Å²) in [6.07, 6.45) is 7.16. The lowest BCUT2D eigenvalue weighted by Crippen LogP contribution is -2.10. The smallest absolute Gasteiger partial charge is 0.164 e. The Labute approximate surface area is 215 Å². The zero-order valence-corrected chi connectivity index (χ0v) is 19.9. The summed E-state index contributed by atoms with van der Waals surface area (Å²) in [6.45, 7) is 0. The summed E-state index contributed by atoms with van der Waals surface area (Å²) in [7, 11) is 0. The highest BCUT2D eigenvalue weighted by Crippen LogP contribution is 2.34. The van der Waals surface area contributed by atoms with Crippen molar-refractivity contribution >= 4 is 17.1 Å². The van der Waals surface area contributed by atoms with E-state index in [-0.39, 0.29) is 0 Å². The SMILES string of the molecule is c1ccc(-c2nc(-c3ccccc3)nc(-c3ccc(N(c4ccncc4)c4ccncc4)cc3)n2)cc1. The van der Waals surface area contributed by atoms with E-state index in [0.29, 0.717) is 17.5 Å². The number of benzene rings is 3. The number of pyridine rings is 2. The van der Waals surface area contributed by atoms with Crippen molar-refractivity contribution in [2.75, 3.05) is 4.90 Å². The van der Waals surface area contributed by atoms with Crippen molar-refractivity contribution in [1.29, 1.82) is 0 Å². The van der Waals surface area contributed by atoms with Gasteiger partial charge in [0.1, 0.15) is 0 Å². The van der Waals surface area contributed by atoms with Crippen LogP contribution in [0.15, 0.2) is 134 Å². The molecule has 0 fully saturated rings. The normalized spacial score (nSPS) is 10.7. The van der Waals surface area contributed by atoms with Crippen LogP contribution >= 0.6 is 0 Å². The van der Waals surface area contributed by atoms with Gasteiger partial charge in [0.05, 0.1) is 0 Å². The predicted octanol–water partition coefficient (Wildman–Crippen LogP) is 7.13. The zero-order valence-electron chi connectivity index (χ0n) is 19.9. The minimum Gasteiger partial charge on any atom is -0.310 e. The Morgan fingerprint density at radius 1 is 0.351 bits per heavy atom. The molecule has 0 aliphatic heterocycles. The van der Waals surface area contributed by atoms with Gasteiger partial charge in [-0.2, -0.15) is 0 Å². The molecule has 176 valence electrons. The molecule has 0 unspecified atom stereocenters. The van der Waals surface area contributed by atoms with Gasteiger partial charge in [-0.05, 0) is 48.5 Å². The van der Waals surface area contributed by atoms with Crippen LogP contribution in [0.1, 0.15) is 0 Å². The summed E-state index contributed by atoms with van der Waals surface area (Å²) >= 11 is 0. The van der Waals surface area contributed by atoms with Crippen LogP contribution in [0.5, 0.6) is 0 Å². The van der Waals surface area contributed by atoms with Crippen LogP contribution in [0, 0.1) is 0 Å². The van der Waals surface area contributed by atoms with Gasteiger partial charge in [0.25, 0.3) is 0 Å². The molecule has 0 N–H and O–H groups in total. The van der Waals surface area contributed by atoms with E-state index in [4.69, 9.17) is 15.0 Å². The van der Waals surface area contributed by atoms with Crippen LogP contribution in [0.3, 0.4) is 0 Å². The molecule has 0 saturated heterocycles. The fourth-order valence-electron chi connectivity index (χ4n) is 4.13. The first-order valence-corrected chi connectivity index (χ1v) is 11.9. The van der Waals surface area contributed by atoms with Crippen LogP contribution in [0.4, 0.5) is 17.1 Å². The fourth-order valence-corrected chi connectivity index (χ4v) is 4.13. The molecule has 3 heterocycles. The Morgan fingerprint density at radius 2 is 0.703 bits per heavy atom. The van der Waals surface area contributed by atoms with Crippen molar-refractivity contribution < 1.29 is 0 Å². The molecule has 37 heavy (non-hydrogen) atoms. The molecule has 6 heteroatoms. The Kier molecular flexibility index (Phi) is 6.12. The van der Waals surface area contributed by atoms with Gasteiger partial charge in [-0.25, -0.2) is 15.0 Å². The highest BCUT2D eigenvalue weighted by Gasteiger charge is 2.15. The Balaban J connectivity index is 1.43. The topological polar surface area (TPSA) is 67.7 Å². The molecule has 0 aliphatic carbocycles. The average molecular weight is 479 g/mol. The summed E-state index contributed by atoms with van der Waals surface area (Å²) in [5.41, 5.74) is 5.81. The molecule has 6 nitrogen and oxygen atoms in total. The molecule has 0 bridgehead atoms. The highest BCUT2D eigenvalue weighted by molar-refractivity contribution is 5.77. The second-order valence-corrected chi connectivity index (χ2v) is 8.33. The van der Waals surface area contributed by atoms with E-state index in [1.807, 2.05) is 97.1 Å². The number of hydrogen-bond donors (Lipinski definition) is 0. The second-order valence-electron chi connectivity index (χ2n) is 8.33. The van der Waals surface area contributed by atoms with Crippen LogP contribution < -0.4 is 4.90 Å². The van der Waals surface area contributed by atoms with Crippen molar-refractivity contribution in [2.45, 2.75) is 0 Å². The third-order valence-corrected chi connectivity index (χ3v) is 5.92. The molecule has 0 saturated carbocycles. The third-order valence-electron chi connectivity index (χ3n) is 5.92. The molecule has 6 aromatic rings. The number of hydrogen-bond acceptors (Lipinski definition) is 6. The molecule has 0 radical (unpaired) electrons. The van der Waals surface area contributed by atoms with Gasteiger partial charge in [0.15, 0.2) is 17.5 Å². The fraction of sp³-hybridized carbons (Fsp3) is 0. The van der Waals surface area contributed by atoms with Gasteiger partial charge in [-0.3, -0.25) is 9.97 Å². The highest BCUT2D eigenvalue weighted by atomic mass is 15.1. The maximum Gasteiger partial charge on any atom is 0.164 e. The molecule has 3 aromatic heterocycles. The van der Waals surface area contributed by atoms with Gasteiger partial charge in [0, 0.05) is 58.5 Å². The first-order valence-electron chi connectivity index (χ1n) is 11.9. The maximum atomic E-state index is 4.84. The number of nitrogens with zero attached hydrogens (tertiary/aromatic N) is 6. The monoisotopic (exact) mass is 478 g/mol. The summed E-state index contributed by atoms with van der Waals surface area (Å²) in [5, 5.41) is 0. The van der Waals surface area contributed by atoms with Crippen molar-refractivity contribution in [1.82, 2.24) is 24.9 Å². The van der Waals surface area contributed by atoms with Crippen molar-refractivity contribution in [2.24, 2.45) is 0 Å². The minimum atomic E-state index is 0.624. The summed E-state index contributed by atoms with van der Waals surface area (Å²) in [4.78, 5) is 25.0. The first kappa shape index (κ1) is 22.2. The van der Waals surface area contributed by atoms with E-state index in [1.54, 1.807) is 24.8 Å². The van der Waals surface area contributed by atoms with Gasteiger partial charge < -0.3 is 4.90 Å². The Morgan fingerprint density at radius 3 is 1.11 bits per heavy atom. The minimum absolute atomic E-state index is 0.624. The zero-order chi connectivity index (χ0) is 24.9. The van der Waals surface area contributed by atoms with E-state index in [1.165, 1.54) is 0 Å². The lowest BCUT2D eigenvalue weighted by molar-refractivity contribution is 1.07. The maximum absolute atomic E-state index is 4.84. The number of aromatic nitrogens is 5. The molecule has 3 aromatic carbocycles. The summed E-state index contributed by atoms with van der Waals surface area (Å²) in [5.74, 6) is 1.91. The second kappa shape index (κ2) is 10.2. The molecule has 0 amide bonds. The molecular formula is C31H22N6. The standard InChI is InChI=1S/C31H22N6/c1-3-7-23(8-4-1)29-34-30(24-9-5-2-6-10-24)36-31(35-29)25-11-13-26(14-12-25)37(27-15-19-32-20-16-27)28-17-21-33-22-18-28/h1-22H. The van der Waals surface area contributed by atoms with Crippen molar-refractivity contribution in [3.8, 4) is 34.2 Å².